The number of aromatic nitrogens is 2. The number of aryl methyl sites for hydroxylation is 1. The molecule has 0 bridgehead atoms. The molecule has 5 heteroatoms. The van der Waals surface area contributed by atoms with Gasteiger partial charge in [0.2, 0.25) is 5.95 Å². The second-order valence-electron chi connectivity index (χ2n) is 4.99. The molecule has 3 rings (SSSR count). The van der Waals surface area contributed by atoms with Gasteiger partial charge in [0.1, 0.15) is 0 Å². The predicted octanol–water partition coefficient (Wildman–Crippen LogP) is 0.363. The van der Waals surface area contributed by atoms with Gasteiger partial charge in [-0.2, -0.15) is 0 Å². The normalized spacial score (nSPS) is 25.0. The number of hydrogen-bond donors (Lipinski definition) is 1. The van der Waals surface area contributed by atoms with E-state index in [1.54, 1.807) is 0 Å². The van der Waals surface area contributed by atoms with Crippen molar-refractivity contribution in [2.75, 3.05) is 31.1 Å². The zero-order valence-electron chi connectivity index (χ0n) is 10.1. The molecule has 5 nitrogen and oxygen atoms in total. The smallest absolute Gasteiger partial charge is 0.252 e. The van der Waals surface area contributed by atoms with E-state index in [1.165, 1.54) is 25.5 Å². The molecule has 2 aliphatic heterocycles. The minimum atomic E-state index is -0.0543. The van der Waals surface area contributed by atoms with Gasteiger partial charge in [0.25, 0.3) is 5.56 Å². The highest BCUT2D eigenvalue weighted by Crippen LogP contribution is 2.23. The van der Waals surface area contributed by atoms with E-state index < -0.39 is 0 Å². The Morgan fingerprint density at radius 2 is 2.29 bits per heavy atom. The number of H-pyrrole nitrogens is 1. The first-order valence-corrected chi connectivity index (χ1v) is 6.29. The Morgan fingerprint density at radius 3 is 3.12 bits per heavy atom. The third-order valence-corrected chi connectivity index (χ3v) is 3.74. The van der Waals surface area contributed by atoms with Crippen LogP contribution in [-0.2, 0) is 0 Å². The van der Waals surface area contributed by atoms with Crippen LogP contribution in [0.4, 0.5) is 5.95 Å². The van der Waals surface area contributed by atoms with Gasteiger partial charge in [-0.05, 0) is 26.3 Å². The minimum absolute atomic E-state index is 0.0543. The largest absolute Gasteiger partial charge is 0.339 e. The number of aromatic amines is 1. The van der Waals surface area contributed by atoms with Crippen molar-refractivity contribution >= 4 is 5.95 Å². The summed E-state index contributed by atoms with van der Waals surface area (Å²) in [7, 11) is 0. The number of rotatable bonds is 1. The monoisotopic (exact) mass is 234 g/mol. The van der Waals surface area contributed by atoms with Crippen LogP contribution >= 0.6 is 0 Å². The van der Waals surface area contributed by atoms with E-state index in [9.17, 15) is 4.79 Å². The molecule has 1 aromatic rings. The highest BCUT2D eigenvalue weighted by Gasteiger charge is 2.31. The third-order valence-electron chi connectivity index (χ3n) is 3.74. The Balaban J connectivity index is 1.82. The van der Waals surface area contributed by atoms with E-state index in [4.69, 9.17) is 0 Å². The molecule has 2 fully saturated rings. The molecular formula is C12H18N4O. The van der Waals surface area contributed by atoms with Crippen molar-refractivity contribution in [1.82, 2.24) is 14.9 Å². The van der Waals surface area contributed by atoms with Crippen LogP contribution in [0.1, 0.15) is 18.5 Å². The molecule has 0 radical (unpaired) electrons. The number of hydrogen-bond acceptors (Lipinski definition) is 4. The summed E-state index contributed by atoms with van der Waals surface area (Å²) in [5, 5.41) is 0. The molecule has 0 unspecified atom stereocenters. The first-order chi connectivity index (χ1) is 8.22. The Morgan fingerprint density at radius 1 is 1.41 bits per heavy atom. The van der Waals surface area contributed by atoms with Crippen LogP contribution in [0.5, 0.6) is 0 Å². The summed E-state index contributed by atoms with van der Waals surface area (Å²) < 4.78 is 0. The van der Waals surface area contributed by atoms with Gasteiger partial charge in [0, 0.05) is 37.4 Å². The molecule has 3 heterocycles. The summed E-state index contributed by atoms with van der Waals surface area (Å²) in [6.45, 7) is 6.14. The lowest BCUT2D eigenvalue weighted by molar-refractivity contribution is 0.229. The molecule has 0 aliphatic carbocycles. The fraction of sp³-hybridized carbons (Fsp3) is 0.667. The summed E-state index contributed by atoms with van der Waals surface area (Å²) >= 11 is 0. The standard InChI is InChI=1S/C12H18N4O/c1-9-7-11(17)14-12(13-9)16-6-5-15-4-2-3-10(15)8-16/h7,10H,2-6,8H2,1H3,(H,13,14,17)/t10-/m0/s1. The maximum Gasteiger partial charge on any atom is 0.252 e. The van der Waals surface area contributed by atoms with E-state index in [2.05, 4.69) is 19.8 Å². The van der Waals surface area contributed by atoms with Crippen molar-refractivity contribution < 1.29 is 0 Å². The van der Waals surface area contributed by atoms with Gasteiger partial charge in [-0.1, -0.05) is 0 Å². The van der Waals surface area contributed by atoms with Gasteiger partial charge >= 0.3 is 0 Å². The molecule has 92 valence electrons. The lowest BCUT2D eigenvalue weighted by Gasteiger charge is -2.37. The molecule has 2 saturated heterocycles. The van der Waals surface area contributed by atoms with Gasteiger partial charge < -0.3 is 4.90 Å². The zero-order valence-corrected chi connectivity index (χ0v) is 10.1. The topological polar surface area (TPSA) is 52.2 Å². The Bertz CT molecular complexity index is 470. The molecule has 2 aliphatic rings. The second kappa shape index (κ2) is 4.14. The number of nitrogens with one attached hydrogen (secondary N) is 1. The van der Waals surface area contributed by atoms with E-state index in [1.807, 2.05) is 6.92 Å². The van der Waals surface area contributed by atoms with Crippen LogP contribution in [0, 0.1) is 6.92 Å². The first-order valence-electron chi connectivity index (χ1n) is 6.29. The second-order valence-corrected chi connectivity index (χ2v) is 4.99. The van der Waals surface area contributed by atoms with Crippen LogP contribution in [-0.4, -0.2) is 47.1 Å². The minimum Gasteiger partial charge on any atom is -0.339 e. The molecule has 0 aromatic carbocycles. The summed E-state index contributed by atoms with van der Waals surface area (Å²) in [4.78, 5) is 23.5. The van der Waals surface area contributed by atoms with E-state index >= 15 is 0 Å². The maximum absolute atomic E-state index is 11.4. The van der Waals surface area contributed by atoms with E-state index in [-0.39, 0.29) is 5.56 Å². The van der Waals surface area contributed by atoms with Gasteiger partial charge in [-0.3, -0.25) is 14.7 Å². The fourth-order valence-corrected chi connectivity index (χ4v) is 2.90. The number of fused-ring (bicyclic) bond motifs is 1. The number of piperazine rings is 1. The first kappa shape index (κ1) is 10.8. The molecule has 1 aromatic heterocycles. The van der Waals surface area contributed by atoms with Crippen molar-refractivity contribution in [3.8, 4) is 0 Å². The molecule has 0 saturated carbocycles. The van der Waals surface area contributed by atoms with Crippen LogP contribution in [0.25, 0.3) is 0 Å². The van der Waals surface area contributed by atoms with Crippen molar-refractivity contribution in [3.05, 3.63) is 22.1 Å². The van der Waals surface area contributed by atoms with E-state index in [0.29, 0.717) is 6.04 Å². The summed E-state index contributed by atoms with van der Waals surface area (Å²) in [6, 6.07) is 2.18. The average Bonchev–Trinajstić information content (AvgIpc) is 2.74. The molecule has 1 N–H and O–H groups in total. The number of nitrogens with zero attached hydrogens (tertiary/aromatic N) is 3. The van der Waals surface area contributed by atoms with Crippen LogP contribution in [0.2, 0.25) is 0 Å². The van der Waals surface area contributed by atoms with Gasteiger partial charge in [-0.15, -0.1) is 0 Å². The highest BCUT2D eigenvalue weighted by atomic mass is 16.1. The number of anilines is 1. The van der Waals surface area contributed by atoms with Crippen molar-refractivity contribution in [2.45, 2.75) is 25.8 Å². The quantitative estimate of drug-likeness (QED) is 0.762. The fourth-order valence-electron chi connectivity index (χ4n) is 2.90. The lowest BCUT2D eigenvalue weighted by atomic mass is 10.2. The molecule has 17 heavy (non-hydrogen) atoms. The maximum atomic E-state index is 11.4. The average molecular weight is 234 g/mol. The highest BCUT2D eigenvalue weighted by molar-refractivity contribution is 5.31. The van der Waals surface area contributed by atoms with Crippen LogP contribution in [0.15, 0.2) is 10.9 Å². The predicted molar refractivity (Wildman–Crippen MR) is 66.4 cm³/mol. The zero-order chi connectivity index (χ0) is 11.8. The summed E-state index contributed by atoms with van der Waals surface area (Å²) in [6.07, 6.45) is 2.57. The van der Waals surface area contributed by atoms with Gasteiger partial charge in [0.05, 0.1) is 0 Å². The summed E-state index contributed by atoms with van der Waals surface area (Å²) in [5.74, 6) is 0.738. The lowest BCUT2D eigenvalue weighted by Crippen LogP contribution is -2.51. The summed E-state index contributed by atoms with van der Waals surface area (Å²) in [5.41, 5.74) is 0.735. The SMILES string of the molecule is Cc1cc(=O)[nH]c(N2CCN3CCC[C@H]3C2)n1. The Hall–Kier alpha value is -1.36. The molecule has 0 spiro atoms. The third kappa shape index (κ3) is 2.07. The van der Waals surface area contributed by atoms with Gasteiger partial charge in [-0.25, -0.2) is 4.98 Å². The van der Waals surface area contributed by atoms with Crippen LogP contribution in [0.3, 0.4) is 0 Å². The Kier molecular flexibility index (Phi) is 2.63. The van der Waals surface area contributed by atoms with E-state index in [0.717, 1.165) is 31.3 Å². The van der Waals surface area contributed by atoms with Crippen LogP contribution < -0.4 is 10.5 Å². The Labute approximate surface area is 100 Å². The van der Waals surface area contributed by atoms with Crippen molar-refractivity contribution in [1.29, 1.82) is 0 Å². The molecule has 1 atom stereocenters. The molecular weight excluding hydrogens is 216 g/mol. The van der Waals surface area contributed by atoms with Crippen molar-refractivity contribution in [3.63, 3.8) is 0 Å². The molecule has 0 amide bonds. The van der Waals surface area contributed by atoms with Crippen molar-refractivity contribution in [2.24, 2.45) is 0 Å². The van der Waals surface area contributed by atoms with Gasteiger partial charge in [0.15, 0.2) is 0 Å².